The van der Waals surface area contributed by atoms with Gasteiger partial charge in [0.1, 0.15) is 28.8 Å². The van der Waals surface area contributed by atoms with Crippen LogP contribution in [0.3, 0.4) is 0 Å². The third kappa shape index (κ3) is 5.91. The van der Waals surface area contributed by atoms with Gasteiger partial charge in [0.25, 0.3) is 5.91 Å². The first kappa shape index (κ1) is 24.6. The molecule has 2 aromatic carbocycles. The summed E-state index contributed by atoms with van der Waals surface area (Å²) in [4.78, 5) is 12.7. The summed E-state index contributed by atoms with van der Waals surface area (Å²) in [5.74, 6) is 0.929. The fourth-order valence-corrected chi connectivity index (χ4v) is 3.72. The van der Waals surface area contributed by atoms with Crippen molar-refractivity contribution >= 4 is 12.0 Å². The van der Waals surface area contributed by atoms with E-state index in [2.05, 4.69) is 12.2 Å². The lowest BCUT2D eigenvalue weighted by molar-refractivity contribution is -0.117. The van der Waals surface area contributed by atoms with Crippen LogP contribution in [0.15, 0.2) is 83.1 Å². The number of amides is 1. The number of ether oxygens (including phenoxy) is 1. The minimum atomic E-state index is -0.483. The summed E-state index contributed by atoms with van der Waals surface area (Å²) in [6, 6.07) is 21.1. The molecule has 1 N–H and O–H groups in total. The fourth-order valence-electron chi connectivity index (χ4n) is 3.72. The van der Waals surface area contributed by atoms with Crippen molar-refractivity contribution in [1.82, 2.24) is 15.1 Å². The highest BCUT2D eigenvalue weighted by Gasteiger charge is 2.17. The molecule has 7 heteroatoms. The molecule has 0 atom stereocenters. The van der Waals surface area contributed by atoms with Gasteiger partial charge in [-0.15, -0.1) is 0 Å². The van der Waals surface area contributed by atoms with E-state index in [4.69, 9.17) is 14.3 Å². The van der Waals surface area contributed by atoms with Crippen LogP contribution >= 0.6 is 0 Å². The summed E-state index contributed by atoms with van der Waals surface area (Å²) in [5.41, 5.74) is 4.06. The maximum atomic E-state index is 12.7. The van der Waals surface area contributed by atoms with E-state index in [0.29, 0.717) is 23.6 Å². The Morgan fingerprint density at radius 1 is 1.19 bits per heavy atom. The van der Waals surface area contributed by atoms with E-state index in [1.165, 1.54) is 6.26 Å². The van der Waals surface area contributed by atoms with E-state index in [9.17, 15) is 10.1 Å². The molecule has 0 fully saturated rings. The molecule has 0 aliphatic carbocycles. The van der Waals surface area contributed by atoms with Crippen LogP contribution in [-0.2, 0) is 11.3 Å². The van der Waals surface area contributed by atoms with Crippen molar-refractivity contribution in [3.8, 4) is 28.8 Å². The fraction of sp³-hybridized carbons (Fsp3) is 0.207. The highest BCUT2D eigenvalue weighted by atomic mass is 16.5. The Balaban J connectivity index is 1.69. The number of hydrogen-bond acceptors (Lipinski definition) is 5. The van der Waals surface area contributed by atoms with Gasteiger partial charge in [0.15, 0.2) is 0 Å². The smallest absolute Gasteiger partial charge is 0.262 e. The second-order valence-electron chi connectivity index (χ2n) is 8.32. The Morgan fingerprint density at radius 3 is 2.72 bits per heavy atom. The molecule has 0 unspecified atom stereocenters. The summed E-state index contributed by atoms with van der Waals surface area (Å²) >= 11 is 0. The quantitative estimate of drug-likeness (QED) is 0.175. The zero-order valence-electron chi connectivity index (χ0n) is 20.4. The molecule has 1 amide bonds. The minimum absolute atomic E-state index is 0.0208. The van der Waals surface area contributed by atoms with Crippen molar-refractivity contribution in [1.29, 1.82) is 5.26 Å². The van der Waals surface area contributed by atoms with E-state index >= 15 is 0 Å². The Hall–Kier alpha value is -4.57. The number of nitriles is 1. The summed E-state index contributed by atoms with van der Waals surface area (Å²) in [6.45, 7) is 4.99. The Morgan fingerprint density at radius 2 is 2.03 bits per heavy atom. The predicted octanol–water partition coefficient (Wildman–Crippen LogP) is 5.84. The molecule has 7 nitrogen and oxygen atoms in total. The number of benzene rings is 2. The third-order valence-electron chi connectivity index (χ3n) is 5.65. The lowest BCUT2D eigenvalue weighted by Gasteiger charge is -2.10. The SMILES string of the molecule is CCCCOc1ccc(-c2nn(-c3ccccc3)cc2C=C(C#N)C(=O)NCc2ccco2)c(C)c1. The molecular weight excluding hydrogens is 452 g/mol. The van der Waals surface area contributed by atoms with Gasteiger partial charge in [0.2, 0.25) is 0 Å². The van der Waals surface area contributed by atoms with Gasteiger partial charge in [-0.25, -0.2) is 4.68 Å². The topological polar surface area (TPSA) is 93.1 Å². The lowest BCUT2D eigenvalue weighted by Crippen LogP contribution is -2.23. The molecule has 2 aromatic heterocycles. The van der Waals surface area contributed by atoms with Crippen LogP contribution in [0.2, 0.25) is 0 Å². The number of aryl methyl sites for hydroxylation is 1. The number of carbonyl (C=O) groups is 1. The average molecular weight is 481 g/mol. The molecule has 0 radical (unpaired) electrons. The number of nitrogens with zero attached hydrogens (tertiary/aromatic N) is 3. The second kappa shape index (κ2) is 11.7. The Bertz CT molecular complexity index is 1380. The van der Waals surface area contributed by atoms with Crippen LogP contribution in [0.25, 0.3) is 23.0 Å². The molecule has 0 spiro atoms. The van der Waals surface area contributed by atoms with Crippen LogP contribution in [0.4, 0.5) is 0 Å². The number of rotatable bonds is 10. The molecule has 0 aliphatic rings. The van der Waals surface area contributed by atoms with Gasteiger partial charge in [-0.1, -0.05) is 31.5 Å². The molecule has 182 valence electrons. The number of carbonyl (C=O) groups excluding carboxylic acids is 1. The Kier molecular flexibility index (Phi) is 7.99. The van der Waals surface area contributed by atoms with Crippen molar-refractivity contribution in [2.45, 2.75) is 33.2 Å². The van der Waals surface area contributed by atoms with Crippen molar-refractivity contribution in [2.24, 2.45) is 0 Å². The van der Waals surface area contributed by atoms with Gasteiger partial charge in [-0.2, -0.15) is 10.4 Å². The molecule has 4 rings (SSSR count). The van der Waals surface area contributed by atoms with Gasteiger partial charge in [-0.05, 0) is 67.4 Å². The maximum absolute atomic E-state index is 12.7. The van der Waals surface area contributed by atoms with Crippen LogP contribution in [0, 0.1) is 18.3 Å². The predicted molar refractivity (Wildman–Crippen MR) is 138 cm³/mol. The van der Waals surface area contributed by atoms with Crippen molar-refractivity contribution < 1.29 is 13.9 Å². The normalized spacial score (nSPS) is 11.2. The van der Waals surface area contributed by atoms with Gasteiger partial charge in [-0.3, -0.25) is 4.79 Å². The van der Waals surface area contributed by atoms with Crippen LogP contribution in [0.1, 0.15) is 36.7 Å². The van der Waals surface area contributed by atoms with E-state index in [-0.39, 0.29) is 12.1 Å². The van der Waals surface area contributed by atoms with Crippen LogP contribution in [-0.4, -0.2) is 22.3 Å². The number of nitrogens with one attached hydrogen (secondary N) is 1. The minimum Gasteiger partial charge on any atom is -0.494 e. The first-order chi connectivity index (χ1) is 17.6. The Labute approximate surface area is 210 Å². The maximum Gasteiger partial charge on any atom is 0.262 e. The lowest BCUT2D eigenvalue weighted by atomic mass is 10.0. The zero-order valence-corrected chi connectivity index (χ0v) is 20.4. The third-order valence-corrected chi connectivity index (χ3v) is 5.65. The van der Waals surface area contributed by atoms with E-state index < -0.39 is 5.91 Å². The van der Waals surface area contributed by atoms with Gasteiger partial charge in [0.05, 0.1) is 25.1 Å². The first-order valence-electron chi connectivity index (χ1n) is 11.9. The molecule has 0 bridgehead atoms. The van der Waals surface area contributed by atoms with Crippen molar-refractivity contribution in [3.05, 3.63) is 95.6 Å². The molecule has 0 saturated carbocycles. The highest BCUT2D eigenvalue weighted by molar-refractivity contribution is 6.02. The number of para-hydroxylation sites is 1. The molecule has 4 aromatic rings. The number of unbranched alkanes of at least 4 members (excludes halogenated alkanes) is 1. The van der Waals surface area contributed by atoms with Crippen molar-refractivity contribution in [2.75, 3.05) is 6.61 Å². The van der Waals surface area contributed by atoms with E-state index in [1.54, 1.807) is 22.9 Å². The number of hydrogen-bond donors (Lipinski definition) is 1. The van der Waals surface area contributed by atoms with E-state index in [1.807, 2.05) is 67.7 Å². The van der Waals surface area contributed by atoms with Gasteiger partial charge >= 0.3 is 0 Å². The van der Waals surface area contributed by atoms with Crippen molar-refractivity contribution in [3.63, 3.8) is 0 Å². The van der Waals surface area contributed by atoms with Gasteiger partial charge < -0.3 is 14.5 Å². The molecule has 0 saturated heterocycles. The average Bonchev–Trinajstić information content (AvgIpc) is 3.57. The number of aromatic nitrogens is 2. The molecule has 36 heavy (non-hydrogen) atoms. The second-order valence-corrected chi connectivity index (χ2v) is 8.32. The summed E-state index contributed by atoms with van der Waals surface area (Å²) in [5, 5.41) is 17.3. The zero-order chi connectivity index (χ0) is 25.3. The van der Waals surface area contributed by atoms with Gasteiger partial charge in [0, 0.05) is 17.3 Å². The summed E-state index contributed by atoms with van der Waals surface area (Å²) < 4.78 is 12.9. The monoisotopic (exact) mass is 480 g/mol. The highest BCUT2D eigenvalue weighted by Crippen LogP contribution is 2.31. The molecule has 2 heterocycles. The van der Waals surface area contributed by atoms with E-state index in [0.717, 1.165) is 35.4 Å². The first-order valence-corrected chi connectivity index (χ1v) is 11.9. The molecule has 0 aliphatic heterocycles. The summed E-state index contributed by atoms with van der Waals surface area (Å²) in [6.07, 6.45) is 7.00. The summed E-state index contributed by atoms with van der Waals surface area (Å²) in [7, 11) is 0. The van der Waals surface area contributed by atoms with Crippen LogP contribution in [0.5, 0.6) is 5.75 Å². The van der Waals surface area contributed by atoms with Crippen LogP contribution < -0.4 is 10.1 Å². The largest absolute Gasteiger partial charge is 0.494 e. The molecular formula is C29H28N4O3. The standard InChI is InChI=1S/C29H28N4O3/c1-3-4-14-35-25-12-13-27(21(2)16-25)28-23(20-33(32-28)24-9-6-5-7-10-24)17-22(18-30)29(34)31-19-26-11-8-15-36-26/h5-13,15-17,20H,3-4,14,19H2,1-2H3,(H,31,34). The number of furan rings is 1.